The SMILES string of the molecule is O=C(O)[C@H]1CCCN1C(=O)CCOc1ccccc1. The molecule has 1 saturated heterocycles. The molecule has 1 heterocycles. The van der Waals surface area contributed by atoms with Crippen LogP contribution in [0.25, 0.3) is 0 Å². The molecule has 5 nitrogen and oxygen atoms in total. The third kappa shape index (κ3) is 3.47. The lowest BCUT2D eigenvalue weighted by Crippen LogP contribution is -2.40. The van der Waals surface area contributed by atoms with Crippen molar-refractivity contribution in [3.8, 4) is 5.75 Å². The summed E-state index contributed by atoms with van der Waals surface area (Å²) in [5, 5.41) is 9.01. The van der Waals surface area contributed by atoms with E-state index >= 15 is 0 Å². The zero-order valence-corrected chi connectivity index (χ0v) is 10.6. The molecule has 1 N–H and O–H groups in total. The Hall–Kier alpha value is -2.04. The summed E-state index contributed by atoms with van der Waals surface area (Å²) in [6, 6.07) is 8.58. The highest BCUT2D eigenvalue weighted by Gasteiger charge is 2.33. The summed E-state index contributed by atoms with van der Waals surface area (Å²) in [4.78, 5) is 24.4. The number of rotatable bonds is 5. The van der Waals surface area contributed by atoms with Gasteiger partial charge in [-0.25, -0.2) is 4.79 Å². The van der Waals surface area contributed by atoms with E-state index in [-0.39, 0.29) is 18.9 Å². The summed E-state index contributed by atoms with van der Waals surface area (Å²) in [7, 11) is 0. The van der Waals surface area contributed by atoms with E-state index in [1.165, 1.54) is 4.90 Å². The van der Waals surface area contributed by atoms with Gasteiger partial charge in [-0.15, -0.1) is 0 Å². The Labute approximate surface area is 111 Å². The van der Waals surface area contributed by atoms with Crippen LogP contribution < -0.4 is 4.74 Å². The van der Waals surface area contributed by atoms with Crippen molar-refractivity contribution in [2.45, 2.75) is 25.3 Å². The van der Waals surface area contributed by atoms with Crippen LogP contribution in [-0.4, -0.2) is 41.1 Å². The highest BCUT2D eigenvalue weighted by atomic mass is 16.5. The van der Waals surface area contributed by atoms with Crippen molar-refractivity contribution in [3.63, 3.8) is 0 Å². The maximum Gasteiger partial charge on any atom is 0.326 e. The second-order valence-electron chi connectivity index (χ2n) is 4.49. The summed E-state index contributed by atoms with van der Waals surface area (Å²) in [5.74, 6) is -0.359. The van der Waals surface area contributed by atoms with Crippen LogP contribution in [-0.2, 0) is 9.59 Å². The van der Waals surface area contributed by atoms with Crippen molar-refractivity contribution < 1.29 is 19.4 Å². The number of amides is 1. The number of hydrogen-bond acceptors (Lipinski definition) is 3. The minimum absolute atomic E-state index is 0.152. The van der Waals surface area contributed by atoms with Gasteiger partial charge in [0.2, 0.25) is 5.91 Å². The maximum atomic E-state index is 11.9. The quantitative estimate of drug-likeness (QED) is 0.874. The molecule has 2 rings (SSSR count). The number of aliphatic carboxylic acids is 1. The molecule has 0 radical (unpaired) electrons. The Balaban J connectivity index is 1.80. The van der Waals surface area contributed by atoms with Crippen LogP contribution in [0.1, 0.15) is 19.3 Å². The predicted octanol–water partition coefficient (Wildman–Crippen LogP) is 1.53. The first-order valence-corrected chi connectivity index (χ1v) is 6.38. The van der Waals surface area contributed by atoms with Gasteiger partial charge in [-0.05, 0) is 25.0 Å². The summed E-state index contributed by atoms with van der Waals surface area (Å²) in [5.41, 5.74) is 0. The lowest BCUT2D eigenvalue weighted by atomic mass is 10.2. The molecule has 1 aromatic carbocycles. The van der Waals surface area contributed by atoms with Crippen LogP contribution in [0.5, 0.6) is 5.75 Å². The molecule has 0 unspecified atom stereocenters. The Kier molecular flexibility index (Phi) is 4.39. The van der Waals surface area contributed by atoms with E-state index in [1.54, 1.807) is 0 Å². The van der Waals surface area contributed by atoms with Crippen LogP contribution in [0.3, 0.4) is 0 Å². The molecule has 0 aromatic heterocycles. The number of nitrogens with zero attached hydrogens (tertiary/aromatic N) is 1. The lowest BCUT2D eigenvalue weighted by molar-refractivity contribution is -0.148. The van der Waals surface area contributed by atoms with Crippen molar-refractivity contribution in [2.75, 3.05) is 13.2 Å². The zero-order valence-electron chi connectivity index (χ0n) is 10.6. The highest BCUT2D eigenvalue weighted by molar-refractivity contribution is 5.84. The van der Waals surface area contributed by atoms with Gasteiger partial charge in [-0.3, -0.25) is 4.79 Å². The van der Waals surface area contributed by atoms with Crippen LogP contribution in [0, 0.1) is 0 Å². The molecule has 0 bridgehead atoms. The predicted molar refractivity (Wildman–Crippen MR) is 68.9 cm³/mol. The van der Waals surface area contributed by atoms with Gasteiger partial charge in [0.1, 0.15) is 11.8 Å². The summed E-state index contributed by atoms with van der Waals surface area (Å²) in [6.07, 6.45) is 1.50. The highest BCUT2D eigenvalue weighted by Crippen LogP contribution is 2.18. The molecule has 1 aliphatic heterocycles. The van der Waals surface area contributed by atoms with Crippen molar-refractivity contribution in [3.05, 3.63) is 30.3 Å². The lowest BCUT2D eigenvalue weighted by Gasteiger charge is -2.21. The first-order valence-electron chi connectivity index (χ1n) is 6.38. The van der Waals surface area contributed by atoms with Crippen molar-refractivity contribution >= 4 is 11.9 Å². The Morgan fingerprint density at radius 3 is 2.74 bits per heavy atom. The molecule has 5 heteroatoms. The number of ether oxygens (including phenoxy) is 1. The number of carboxylic acid groups (broad SMARTS) is 1. The molecule has 1 atom stereocenters. The van der Waals surface area contributed by atoms with E-state index in [4.69, 9.17) is 9.84 Å². The topological polar surface area (TPSA) is 66.8 Å². The smallest absolute Gasteiger partial charge is 0.326 e. The number of carbonyl (C=O) groups is 2. The molecular weight excluding hydrogens is 246 g/mol. The Morgan fingerprint density at radius 2 is 2.05 bits per heavy atom. The fourth-order valence-corrected chi connectivity index (χ4v) is 2.24. The third-order valence-electron chi connectivity index (χ3n) is 3.19. The van der Waals surface area contributed by atoms with Crippen LogP contribution in [0.2, 0.25) is 0 Å². The van der Waals surface area contributed by atoms with Gasteiger partial charge in [0, 0.05) is 6.54 Å². The summed E-state index contributed by atoms with van der Waals surface area (Å²) >= 11 is 0. The Morgan fingerprint density at radius 1 is 1.32 bits per heavy atom. The largest absolute Gasteiger partial charge is 0.493 e. The van der Waals surface area contributed by atoms with Gasteiger partial charge in [0.15, 0.2) is 0 Å². The Bertz CT molecular complexity index is 446. The number of likely N-dealkylation sites (tertiary alicyclic amines) is 1. The molecule has 102 valence electrons. The minimum atomic E-state index is -0.921. The number of para-hydroxylation sites is 1. The van der Waals surface area contributed by atoms with E-state index in [0.717, 1.165) is 6.42 Å². The molecule has 1 aromatic rings. The molecule has 0 saturated carbocycles. The average Bonchev–Trinajstić information content (AvgIpc) is 2.89. The van der Waals surface area contributed by atoms with E-state index < -0.39 is 12.0 Å². The molecule has 1 aliphatic rings. The molecule has 19 heavy (non-hydrogen) atoms. The monoisotopic (exact) mass is 263 g/mol. The second-order valence-corrected chi connectivity index (χ2v) is 4.49. The first kappa shape index (κ1) is 13.4. The molecular formula is C14H17NO4. The fraction of sp³-hybridized carbons (Fsp3) is 0.429. The van der Waals surface area contributed by atoms with Gasteiger partial charge >= 0.3 is 5.97 Å². The standard InChI is InChI=1S/C14H17NO4/c16-13(15-9-4-7-12(15)14(17)18)8-10-19-11-5-2-1-3-6-11/h1-3,5-6,12H,4,7-10H2,(H,17,18)/t12-/m1/s1. The van der Waals surface area contributed by atoms with Crippen LogP contribution in [0.15, 0.2) is 30.3 Å². The number of carboxylic acids is 1. The summed E-state index contributed by atoms with van der Waals surface area (Å²) < 4.78 is 5.44. The first-order chi connectivity index (χ1) is 9.18. The number of carbonyl (C=O) groups excluding carboxylic acids is 1. The number of benzene rings is 1. The van der Waals surface area contributed by atoms with Crippen molar-refractivity contribution in [1.82, 2.24) is 4.90 Å². The van der Waals surface area contributed by atoms with Crippen LogP contribution in [0.4, 0.5) is 0 Å². The van der Waals surface area contributed by atoms with E-state index in [2.05, 4.69) is 0 Å². The van der Waals surface area contributed by atoms with E-state index in [0.29, 0.717) is 18.7 Å². The molecule has 0 spiro atoms. The normalized spacial score (nSPS) is 18.3. The maximum absolute atomic E-state index is 11.9. The van der Waals surface area contributed by atoms with E-state index in [9.17, 15) is 9.59 Å². The van der Waals surface area contributed by atoms with Gasteiger partial charge in [0.05, 0.1) is 13.0 Å². The van der Waals surface area contributed by atoms with Gasteiger partial charge in [0.25, 0.3) is 0 Å². The van der Waals surface area contributed by atoms with Crippen molar-refractivity contribution in [2.24, 2.45) is 0 Å². The van der Waals surface area contributed by atoms with E-state index in [1.807, 2.05) is 30.3 Å². The molecule has 0 aliphatic carbocycles. The number of hydrogen-bond donors (Lipinski definition) is 1. The van der Waals surface area contributed by atoms with Gasteiger partial charge in [-0.1, -0.05) is 18.2 Å². The van der Waals surface area contributed by atoms with Crippen LogP contribution >= 0.6 is 0 Å². The molecule has 1 amide bonds. The molecule has 1 fully saturated rings. The fourth-order valence-electron chi connectivity index (χ4n) is 2.24. The van der Waals surface area contributed by atoms with Gasteiger partial charge < -0.3 is 14.7 Å². The average molecular weight is 263 g/mol. The van der Waals surface area contributed by atoms with Gasteiger partial charge in [-0.2, -0.15) is 0 Å². The zero-order chi connectivity index (χ0) is 13.7. The van der Waals surface area contributed by atoms with Crippen molar-refractivity contribution in [1.29, 1.82) is 0 Å². The second kappa shape index (κ2) is 6.22. The minimum Gasteiger partial charge on any atom is -0.493 e. The summed E-state index contributed by atoms with van der Waals surface area (Å²) in [6.45, 7) is 0.798. The third-order valence-corrected chi connectivity index (χ3v) is 3.19.